The normalized spacial score (nSPS) is 21.0. The van der Waals surface area contributed by atoms with Crippen LogP contribution in [0.2, 0.25) is 0 Å². The minimum Gasteiger partial charge on any atom is -0.478 e. The van der Waals surface area contributed by atoms with Gasteiger partial charge >= 0.3 is 0 Å². The largest absolute Gasteiger partial charge is 0.478 e. The SMILES string of the molecule is CCOc1cc(N[C@H]2CCO[C@@H]2c2cnn(C)c2C)ncn1. The van der Waals surface area contributed by atoms with Gasteiger partial charge in [-0.1, -0.05) is 0 Å². The second kappa shape index (κ2) is 6.31. The molecule has 1 N–H and O–H groups in total. The third-order valence-corrected chi connectivity index (χ3v) is 3.94. The number of ether oxygens (including phenoxy) is 2. The number of hydrogen-bond donors (Lipinski definition) is 1. The molecule has 0 amide bonds. The van der Waals surface area contributed by atoms with Crippen LogP contribution >= 0.6 is 0 Å². The van der Waals surface area contributed by atoms with Gasteiger partial charge in [0.25, 0.3) is 0 Å². The third kappa shape index (κ3) is 2.89. The van der Waals surface area contributed by atoms with Crippen molar-refractivity contribution in [3.63, 3.8) is 0 Å². The second-order valence-corrected chi connectivity index (χ2v) is 5.31. The topological polar surface area (TPSA) is 74.1 Å². The number of hydrogen-bond acceptors (Lipinski definition) is 6. The molecular weight excluding hydrogens is 282 g/mol. The Morgan fingerprint density at radius 3 is 3.05 bits per heavy atom. The summed E-state index contributed by atoms with van der Waals surface area (Å²) in [5.41, 5.74) is 2.24. The molecule has 3 rings (SSSR count). The highest BCUT2D eigenvalue weighted by Crippen LogP contribution is 2.32. The van der Waals surface area contributed by atoms with Crippen molar-refractivity contribution < 1.29 is 9.47 Å². The van der Waals surface area contributed by atoms with Gasteiger partial charge in [-0.25, -0.2) is 9.97 Å². The van der Waals surface area contributed by atoms with Crippen molar-refractivity contribution in [3.05, 3.63) is 29.8 Å². The highest BCUT2D eigenvalue weighted by atomic mass is 16.5. The molecule has 2 atom stereocenters. The summed E-state index contributed by atoms with van der Waals surface area (Å²) < 4.78 is 13.2. The Hall–Kier alpha value is -2.15. The van der Waals surface area contributed by atoms with Crippen LogP contribution in [0, 0.1) is 6.92 Å². The summed E-state index contributed by atoms with van der Waals surface area (Å²) in [4.78, 5) is 8.34. The van der Waals surface area contributed by atoms with Crippen LogP contribution in [0.25, 0.3) is 0 Å². The molecule has 0 aromatic carbocycles. The van der Waals surface area contributed by atoms with Crippen LogP contribution in [-0.2, 0) is 11.8 Å². The lowest BCUT2D eigenvalue weighted by Crippen LogP contribution is -2.24. The fourth-order valence-corrected chi connectivity index (χ4v) is 2.67. The van der Waals surface area contributed by atoms with Gasteiger partial charge in [-0.15, -0.1) is 0 Å². The smallest absolute Gasteiger partial charge is 0.218 e. The van der Waals surface area contributed by atoms with E-state index in [4.69, 9.17) is 9.47 Å². The molecule has 0 radical (unpaired) electrons. The number of nitrogens with zero attached hydrogens (tertiary/aromatic N) is 4. The molecule has 0 saturated carbocycles. The van der Waals surface area contributed by atoms with E-state index < -0.39 is 0 Å². The summed E-state index contributed by atoms with van der Waals surface area (Å²) in [7, 11) is 1.94. The van der Waals surface area contributed by atoms with Crippen LogP contribution in [0.1, 0.15) is 30.7 Å². The van der Waals surface area contributed by atoms with Gasteiger partial charge in [-0.2, -0.15) is 5.10 Å². The molecule has 2 aromatic heterocycles. The van der Waals surface area contributed by atoms with Gasteiger partial charge in [-0.05, 0) is 20.3 Å². The first-order chi connectivity index (χ1) is 10.7. The molecule has 1 saturated heterocycles. The Morgan fingerprint density at radius 1 is 1.45 bits per heavy atom. The lowest BCUT2D eigenvalue weighted by atomic mass is 10.0. The molecular formula is C15H21N5O2. The zero-order valence-electron chi connectivity index (χ0n) is 13.1. The number of nitrogens with one attached hydrogen (secondary N) is 1. The maximum atomic E-state index is 5.91. The Balaban J connectivity index is 1.76. The standard InChI is InChI=1S/C15H21N5O2/c1-4-21-14-7-13(16-9-17-14)19-12-5-6-22-15(12)11-8-18-20(3)10(11)2/h7-9,12,15H,4-6H2,1-3H3,(H,16,17,19)/t12-,15+/m0/s1. The molecule has 0 unspecified atom stereocenters. The Bertz CT molecular complexity index is 643. The van der Waals surface area contributed by atoms with E-state index in [0.717, 1.165) is 30.1 Å². The Labute approximate surface area is 129 Å². The van der Waals surface area contributed by atoms with Crippen molar-refractivity contribution in [2.75, 3.05) is 18.5 Å². The van der Waals surface area contributed by atoms with E-state index in [1.165, 1.54) is 6.33 Å². The Morgan fingerprint density at radius 2 is 2.32 bits per heavy atom. The monoisotopic (exact) mass is 303 g/mol. The van der Waals surface area contributed by atoms with Crippen molar-refractivity contribution in [2.24, 2.45) is 7.05 Å². The van der Waals surface area contributed by atoms with Crippen LogP contribution in [-0.4, -0.2) is 39.0 Å². The number of aryl methyl sites for hydroxylation is 1. The highest BCUT2D eigenvalue weighted by molar-refractivity contribution is 5.39. The maximum absolute atomic E-state index is 5.91. The second-order valence-electron chi connectivity index (χ2n) is 5.31. The summed E-state index contributed by atoms with van der Waals surface area (Å²) in [6.45, 7) is 5.29. The van der Waals surface area contributed by atoms with Gasteiger partial charge in [0.15, 0.2) is 0 Å². The molecule has 118 valence electrons. The van der Waals surface area contributed by atoms with Gasteiger partial charge < -0.3 is 14.8 Å². The molecule has 1 aliphatic rings. The van der Waals surface area contributed by atoms with Crippen LogP contribution in [0.5, 0.6) is 5.88 Å². The molecule has 7 heteroatoms. The van der Waals surface area contributed by atoms with Crippen molar-refractivity contribution in [2.45, 2.75) is 32.4 Å². The van der Waals surface area contributed by atoms with Crippen LogP contribution < -0.4 is 10.1 Å². The molecule has 1 fully saturated rings. The quantitative estimate of drug-likeness (QED) is 0.909. The summed E-state index contributed by atoms with van der Waals surface area (Å²) in [6, 6.07) is 1.97. The van der Waals surface area contributed by atoms with Crippen molar-refractivity contribution in [1.82, 2.24) is 19.7 Å². The minimum absolute atomic E-state index is 0.0146. The maximum Gasteiger partial charge on any atom is 0.218 e. The van der Waals surface area contributed by atoms with Gasteiger partial charge in [0.2, 0.25) is 5.88 Å². The fourth-order valence-electron chi connectivity index (χ4n) is 2.67. The zero-order chi connectivity index (χ0) is 15.5. The highest BCUT2D eigenvalue weighted by Gasteiger charge is 2.32. The summed E-state index contributed by atoms with van der Waals surface area (Å²) >= 11 is 0. The third-order valence-electron chi connectivity index (χ3n) is 3.94. The summed E-state index contributed by atoms with van der Waals surface area (Å²) in [5.74, 6) is 1.33. The van der Waals surface area contributed by atoms with E-state index in [1.54, 1.807) is 0 Å². The van der Waals surface area contributed by atoms with E-state index >= 15 is 0 Å². The van der Waals surface area contributed by atoms with E-state index in [-0.39, 0.29) is 12.1 Å². The molecule has 22 heavy (non-hydrogen) atoms. The van der Waals surface area contributed by atoms with E-state index in [0.29, 0.717) is 12.5 Å². The number of rotatable bonds is 5. The van der Waals surface area contributed by atoms with E-state index in [1.807, 2.05) is 30.9 Å². The van der Waals surface area contributed by atoms with Gasteiger partial charge in [-0.3, -0.25) is 4.68 Å². The lowest BCUT2D eigenvalue weighted by molar-refractivity contribution is 0.107. The number of aromatic nitrogens is 4. The van der Waals surface area contributed by atoms with Crippen molar-refractivity contribution >= 4 is 5.82 Å². The summed E-state index contributed by atoms with van der Waals surface area (Å²) in [5, 5.41) is 7.74. The van der Waals surface area contributed by atoms with E-state index in [9.17, 15) is 0 Å². The van der Waals surface area contributed by atoms with Gasteiger partial charge in [0, 0.05) is 31.0 Å². The molecule has 0 bridgehead atoms. The van der Waals surface area contributed by atoms with E-state index in [2.05, 4.69) is 27.3 Å². The lowest BCUT2D eigenvalue weighted by Gasteiger charge is -2.20. The molecule has 0 aliphatic carbocycles. The molecule has 2 aromatic rings. The molecule has 7 nitrogen and oxygen atoms in total. The van der Waals surface area contributed by atoms with Crippen molar-refractivity contribution in [3.8, 4) is 5.88 Å². The van der Waals surface area contributed by atoms with Gasteiger partial charge in [0.05, 0.1) is 18.8 Å². The first-order valence-corrected chi connectivity index (χ1v) is 7.50. The zero-order valence-corrected chi connectivity index (χ0v) is 13.1. The van der Waals surface area contributed by atoms with Crippen LogP contribution in [0.15, 0.2) is 18.6 Å². The minimum atomic E-state index is -0.0146. The fraction of sp³-hybridized carbons (Fsp3) is 0.533. The number of anilines is 1. The summed E-state index contributed by atoms with van der Waals surface area (Å²) in [6.07, 6.45) is 4.30. The molecule has 0 spiro atoms. The van der Waals surface area contributed by atoms with Crippen molar-refractivity contribution in [1.29, 1.82) is 0 Å². The molecule has 1 aliphatic heterocycles. The first kappa shape index (κ1) is 14.8. The Kier molecular flexibility index (Phi) is 4.24. The predicted octanol–water partition coefficient (Wildman–Crippen LogP) is 1.86. The first-order valence-electron chi connectivity index (χ1n) is 7.50. The average Bonchev–Trinajstić information content (AvgIpc) is 3.08. The predicted molar refractivity (Wildman–Crippen MR) is 81.9 cm³/mol. The average molecular weight is 303 g/mol. The van der Waals surface area contributed by atoms with Crippen LogP contribution in [0.4, 0.5) is 5.82 Å². The molecule has 3 heterocycles. The van der Waals surface area contributed by atoms with Crippen LogP contribution in [0.3, 0.4) is 0 Å². The van der Waals surface area contributed by atoms with Gasteiger partial charge in [0.1, 0.15) is 18.2 Å².